The van der Waals surface area contributed by atoms with Crippen molar-refractivity contribution in [3.8, 4) is 11.8 Å². The summed E-state index contributed by atoms with van der Waals surface area (Å²) in [6, 6.07) is 8.60. The largest absolute Gasteiger partial charge is 0.484 e. The molecule has 1 heterocycles. The third kappa shape index (κ3) is 2.99. The predicted octanol–water partition coefficient (Wildman–Crippen LogP) is 0.530. The Morgan fingerprint density at radius 1 is 1.50 bits per heavy atom. The van der Waals surface area contributed by atoms with Crippen LogP contribution in [0.3, 0.4) is 0 Å². The lowest BCUT2D eigenvalue weighted by molar-refractivity contribution is -0.132. The first kappa shape index (κ1) is 12.4. The molecule has 0 aliphatic carbocycles. The number of carbonyl (C=O) groups excluding carboxylic acids is 1. The Morgan fingerprint density at radius 3 is 2.78 bits per heavy atom. The van der Waals surface area contributed by atoms with E-state index in [-0.39, 0.29) is 12.5 Å². The number of β-amino-alcohol motifs (C(OH)–C–C–N with tert-alkyl or cyclic N) is 1. The normalized spacial score (nSPS) is 18.4. The molecule has 1 aromatic rings. The first-order valence-corrected chi connectivity index (χ1v) is 5.78. The van der Waals surface area contributed by atoms with Crippen LogP contribution >= 0.6 is 0 Å². The second-order valence-corrected chi connectivity index (χ2v) is 4.21. The van der Waals surface area contributed by atoms with Crippen molar-refractivity contribution in [1.29, 1.82) is 5.26 Å². The van der Waals surface area contributed by atoms with Crippen molar-refractivity contribution in [1.82, 2.24) is 4.90 Å². The van der Waals surface area contributed by atoms with Crippen molar-refractivity contribution in [2.24, 2.45) is 0 Å². The van der Waals surface area contributed by atoms with Gasteiger partial charge in [0.2, 0.25) is 0 Å². The van der Waals surface area contributed by atoms with Crippen molar-refractivity contribution in [2.75, 3.05) is 19.7 Å². The van der Waals surface area contributed by atoms with Gasteiger partial charge in [-0.1, -0.05) is 0 Å². The highest BCUT2D eigenvalue weighted by atomic mass is 16.5. The van der Waals surface area contributed by atoms with Gasteiger partial charge >= 0.3 is 0 Å². The van der Waals surface area contributed by atoms with E-state index in [9.17, 15) is 9.90 Å². The molecule has 5 nitrogen and oxygen atoms in total. The summed E-state index contributed by atoms with van der Waals surface area (Å²) < 4.78 is 5.33. The molecule has 1 saturated heterocycles. The van der Waals surface area contributed by atoms with E-state index in [0.717, 1.165) is 0 Å². The number of aliphatic hydroxyl groups excluding tert-OH is 1. The summed E-state index contributed by atoms with van der Waals surface area (Å²) in [4.78, 5) is 13.3. The van der Waals surface area contributed by atoms with Crippen LogP contribution in [-0.2, 0) is 4.79 Å². The Morgan fingerprint density at radius 2 is 2.22 bits per heavy atom. The molecule has 0 spiro atoms. The molecule has 0 radical (unpaired) electrons. The lowest BCUT2D eigenvalue weighted by atomic mass is 10.2. The lowest BCUT2D eigenvalue weighted by Gasteiger charge is -2.15. The third-order valence-corrected chi connectivity index (χ3v) is 2.86. The maximum Gasteiger partial charge on any atom is 0.260 e. The first-order chi connectivity index (χ1) is 8.69. The van der Waals surface area contributed by atoms with Crippen LogP contribution in [0.4, 0.5) is 0 Å². The summed E-state index contributed by atoms with van der Waals surface area (Å²) in [5.41, 5.74) is 0.552. The number of ether oxygens (including phenoxy) is 1. The molecule has 2 rings (SSSR count). The number of aliphatic hydroxyl groups is 1. The van der Waals surface area contributed by atoms with E-state index in [4.69, 9.17) is 10.00 Å². The van der Waals surface area contributed by atoms with Gasteiger partial charge in [0.25, 0.3) is 5.91 Å². The van der Waals surface area contributed by atoms with Crippen molar-refractivity contribution in [3.05, 3.63) is 29.8 Å². The summed E-state index contributed by atoms with van der Waals surface area (Å²) in [6.07, 6.45) is 0.214. The van der Waals surface area contributed by atoms with E-state index < -0.39 is 6.10 Å². The molecule has 0 aromatic heterocycles. The topological polar surface area (TPSA) is 73.6 Å². The highest BCUT2D eigenvalue weighted by molar-refractivity contribution is 5.78. The van der Waals surface area contributed by atoms with Crippen molar-refractivity contribution in [2.45, 2.75) is 12.5 Å². The van der Waals surface area contributed by atoms with E-state index in [0.29, 0.717) is 30.8 Å². The van der Waals surface area contributed by atoms with E-state index in [2.05, 4.69) is 0 Å². The molecule has 94 valence electrons. The number of rotatable bonds is 3. The molecular formula is C13H14N2O3. The number of nitriles is 1. The highest BCUT2D eigenvalue weighted by Crippen LogP contribution is 2.13. The van der Waals surface area contributed by atoms with Crippen LogP contribution in [-0.4, -0.2) is 41.7 Å². The average molecular weight is 246 g/mol. The van der Waals surface area contributed by atoms with Gasteiger partial charge in [-0.05, 0) is 30.7 Å². The Bertz CT molecular complexity index is 464. The first-order valence-electron chi connectivity index (χ1n) is 5.78. The zero-order valence-corrected chi connectivity index (χ0v) is 9.87. The molecule has 1 N–H and O–H groups in total. The van der Waals surface area contributed by atoms with Crippen LogP contribution in [0.25, 0.3) is 0 Å². The van der Waals surface area contributed by atoms with E-state index in [1.54, 1.807) is 29.2 Å². The van der Waals surface area contributed by atoms with Gasteiger partial charge < -0.3 is 14.7 Å². The standard InChI is InChI=1S/C13H14N2O3/c14-7-10-1-3-12(4-2-10)18-9-13(17)15-6-5-11(16)8-15/h1-4,11,16H,5-6,8-9H2/t11-/m0/s1. The van der Waals surface area contributed by atoms with Gasteiger partial charge in [-0.3, -0.25) is 4.79 Å². The number of likely N-dealkylation sites (tertiary alicyclic amines) is 1. The number of hydrogen-bond acceptors (Lipinski definition) is 4. The van der Waals surface area contributed by atoms with Gasteiger partial charge in [0.1, 0.15) is 5.75 Å². The fraction of sp³-hybridized carbons (Fsp3) is 0.385. The molecule has 1 aromatic carbocycles. The predicted molar refractivity (Wildman–Crippen MR) is 63.9 cm³/mol. The number of hydrogen-bond donors (Lipinski definition) is 1. The molecule has 1 fully saturated rings. The summed E-state index contributed by atoms with van der Waals surface area (Å²) in [7, 11) is 0. The van der Waals surface area contributed by atoms with Crippen LogP contribution < -0.4 is 4.74 Å². The van der Waals surface area contributed by atoms with Crippen LogP contribution in [0.1, 0.15) is 12.0 Å². The number of benzene rings is 1. The molecule has 1 atom stereocenters. The van der Waals surface area contributed by atoms with E-state index >= 15 is 0 Å². The Balaban J connectivity index is 1.84. The molecule has 1 aliphatic heterocycles. The van der Waals surface area contributed by atoms with Crippen molar-refractivity contribution < 1.29 is 14.6 Å². The molecule has 1 amide bonds. The molecule has 0 saturated carbocycles. The summed E-state index contributed by atoms with van der Waals surface area (Å²) >= 11 is 0. The van der Waals surface area contributed by atoms with Crippen molar-refractivity contribution in [3.63, 3.8) is 0 Å². The SMILES string of the molecule is N#Cc1ccc(OCC(=O)N2CC[C@H](O)C2)cc1. The summed E-state index contributed by atoms with van der Waals surface area (Å²) in [6.45, 7) is 0.922. The molecular weight excluding hydrogens is 232 g/mol. The zero-order valence-electron chi connectivity index (χ0n) is 9.87. The Kier molecular flexibility index (Phi) is 3.80. The smallest absolute Gasteiger partial charge is 0.260 e. The summed E-state index contributed by atoms with van der Waals surface area (Å²) in [5.74, 6) is 0.429. The second-order valence-electron chi connectivity index (χ2n) is 4.21. The van der Waals surface area contributed by atoms with Crippen LogP contribution in [0.15, 0.2) is 24.3 Å². The van der Waals surface area contributed by atoms with Gasteiger partial charge in [0.15, 0.2) is 6.61 Å². The van der Waals surface area contributed by atoms with Crippen LogP contribution in [0.5, 0.6) is 5.75 Å². The lowest BCUT2D eigenvalue weighted by Crippen LogP contribution is -2.33. The molecule has 5 heteroatoms. The van der Waals surface area contributed by atoms with Crippen molar-refractivity contribution >= 4 is 5.91 Å². The summed E-state index contributed by atoms with van der Waals surface area (Å²) in [5, 5.41) is 18.0. The van der Waals surface area contributed by atoms with Gasteiger partial charge in [-0.2, -0.15) is 5.26 Å². The fourth-order valence-electron chi connectivity index (χ4n) is 1.83. The van der Waals surface area contributed by atoms with Crippen LogP contribution in [0, 0.1) is 11.3 Å². The fourth-order valence-corrected chi connectivity index (χ4v) is 1.83. The monoisotopic (exact) mass is 246 g/mol. The van der Waals surface area contributed by atoms with Gasteiger partial charge in [-0.25, -0.2) is 0 Å². The second kappa shape index (κ2) is 5.52. The quantitative estimate of drug-likeness (QED) is 0.844. The minimum absolute atomic E-state index is 0.0430. The average Bonchev–Trinajstić information content (AvgIpc) is 2.83. The van der Waals surface area contributed by atoms with Gasteiger partial charge in [0.05, 0.1) is 17.7 Å². The maximum atomic E-state index is 11.7. The highest BCUT2D eigenvalue weighted by Gasteiger charge is 2.24. The minimum Gasteiger partial charge on any atom is -0.484 e. The van der Waals surface area contributed by atoms with Gasteiger partial charge in [0, 0.05) is 13.1 Å². The number of carbonyl (C=O) groups is 1. The van der Waals surface area contributed by atoms with Gasteiger partial charge in [-0.15, -0.1) is 0 Å². The Labute approximate surface area is 105 Å². The molecule has 1 aliphatic rings. The molecule has 0 bridgehead atoms. The Hall–Kier alpha value is -2.06. The van der Waals surface area contributed by atoms with E-state index in [1.165, 1.54) is 0 Å². The molecule has 18 heavy (non-hydrogen) atoms. The third-order valence-electron chi connectivity index (χ3n) is 2.86. The van der Waals surface area contributed by atoms with Crippen LogP contribution in [0.2, 0.25) is 0 Å². The molecule has 0 unspecified atom stereocenters. The zero-order chi connectivity index (χ0) is 13.0. The van der Waals surface area contributed by atoms with E-state index in [1.807, 2.05) is 6.07 Å². The number of amides is 1. The minimum atomic E-state index is -0.413. The number of nitrogens with zero attached hydrogens (tertiary/aromatic N) is 2. The maximum absolute atomic E-state index is 11.7.